The summed E-state index contributed by atoms with van der Waals surface area (Å²) < 4.78 is 20.0. The number of aromatic nitrogens is 1. The van der Waals surface area contributed by atoms with Crippen molar-refractivity contribution in [2.45, 2.75) is 57.8 Å². The number of carbonyl (C=O) groups excluding carboxylic acids is 1. The lowest BCUT2D eigenvalue weighted by atomic mass is 9.96. The SMILES string of the molecule is C=CCc1cc(/C=c2\sc3n(c2=O)[C@H](c2ccc(SC)cc2)C(C(=O)OC(C)C)=C(C)N=3)cc(OCC)c1OCc1ccccc1Cl. The molecule has 1 aliphatic heterocycles. The number of carbonyl (C=O) groups is 1. The maximum Gasteiger partial charge on any atom is 0.338 e. The summed E-state index contributed by atoms with van der Waals surface area (Å²) >= 11 is 9.28. The number of halogens is 1. The summed E-state index contributed by atoms with van der Waals surface area (Å²) in [6.07, 6.45) is 5.83. The van der Waals surface area contributed by atoms with E-state index in [1.165, 1.54) is 11.3 Å². The molecule has 0 fully saturated rings. The van der Waals surface area contributed by atoms with Crippen LogP contribution in [0.25, 0.3) is 6.08 Å². The van der Waals surface area contributed by atoms with Crippen molar-refractivity contribution < 1.29 is 19.0 Å². The molecule has 1 atom stereocenters. The van der Waals surface area contributed by atoms with Crippen molar-refractivity contribution in [1.29, 1.82) is 0 Å². The third-order valence-electron chi connectivity index (χ3n) is 7.46. The van der Waals surface area contributed by atoms with Gasteiger partial charge in [0.1, 0.15) is 6.61 Å². The molecule has 10 heteroatoms. The smallest absolute Gasteiger partial charge is 0.338 e. The lowest BCUT2D eigenvalue weighted by Crippen LogP contribution is -2.40. The Hall–Kier alpha value is -4.05. The molecule has 0 amide bonds. The van der Waals surface area contributed by atoms with E-state index < -0.39 is 12.0 Å². The van der Waals surface area contributed by atoms with Crippen molar-refractivity contribution >= 4 is 46.7 Å². The highest BCUT2D eigenvalue weighted by Gasteiger charge is 2.33. The molecule has 0 N–H and O–H groups in total. The van der Waals surface area contributed by atoms with E-state index in [0.29, 0.717) is 50.2 Å². The zero-order chi connectivity index (χ0) is 33.7. The van der Waals surface area contributed by atoms with Crippen molar-refractivity contribution in [2.24, 2.45) is 4.99 Å². The fourth-order valence-corrected chi connectivity index (χ4v) is 7.02. The lowest BCUT2D eigenvalue weighted by molar-refractivity contribution is -0.143. The highest BCUT2D eigenvalue weighted by molar-refractivity contribution is 7.98. The second-order valence-electron chi connectivity index (χ2n) is 11.1. The van der Waals surface area contributed by atoms with Gasteiger partial charge in [0.25, 0.3) is 5.56 Å². The number of nitrogens with zero attached hydrogens (tertiary/aromatic N) is 2. The lowest BCUT2D eigenvalue weighted by Gasteiger charge is -2.25. The number of thiazole rings is 1. The summed E-state index contributed by atoms with van der Waals surface area (Å²) in [6, 6.07) is 18.6. The standard InChI is InChI=1S/C37H37ClN2O5S2/c1-7-11-26-18-24(19-30(43-8-2)34(26)44-21-27-12-9-10-13-29(27)38)20-31-35(41)40-33(25-14-16-28(46-6)17-15-25)32(36(42)45-22(3)4)23(5)39-37(40)47-31/h7,9-10,12-20,22,33H,1,8,11,21H2,2-6H3/b31-20-/t33-/m1/s1. The Morgan fingerprint density at radius 3 is 2.53 bits per heavy atom. The molecule has 0 aliphatic carbocycles. The monoisotopic (exact) mass is 688 g/mol. The van der Waals surface area contributed by atoms with Gasteiger partial charge in [-0.3, -0.25) is 9.36 Å². The molecule has 2 heterocycles. The molecule has 0 saturated carbocycles. The zero-order valence-corrected chi connectivity index (χ0v) is 29.4. The number of hydrogen-bond donors (Lipinski definition) is 0. The Balaban J connectivity index is 1.63. The second-order valence-corrected chi connectivity index (χ2v) is 13.4. The van der Waals surface area contributed by atoms with Gasteiger partial charge in [0.15, 0.2) is 16.3 Å². The van der Waals surface area contributed by atoms with Gasteiger partial charge in [-0.15, -0.1) is 18.3 Å². The Labute approximate surface area is 287 Å². The summed E-state index contributed by atoms with van der Waals surface area (Å²) in [5, 5.41) is 0.622. The third kappa shape index (κ3) is 7.59. The number of fused-ring (bicyclic) bond motifs is 1. The molecule has 7 nitrogen and oxygen atoms in total. The molecule has 1 aromatic heterocycles. The number of ether oxygens (including phenoxy) is 3. The predicted molar refractivity (Wildman–Crippen MR) is 191 cm³/mol. The van der Waals surface area contributed by atoms with E-state index >= 15 is 0 Å². The molecule has 0 bridgehead atoms. The van der Waals surface area contributed by atoms with Crippen molar-refractivity contribution in [3.63, 3.8) is 0 Å². The maximum absolute atomic E-state index is 14.2. The van der Waals surface area contributed by atoms with Crippen LogP contribution >= 0.6 is 34.7 Å². The summed E-state index contributed by atoms with van der Waals surface area (Å²) in [5.41, 5.74) is 3.89. The number of thioether (sulfide) groups is 1. The van der Waals surface area contributed by atoms with Crippen LogP contribution in [0.4, 0.5) is 0 Å². The number of hydrogen-bond acceptors (Lipinski definition) is 8. The summed E-state index contributed by atoms with van der Waals surface area (Å²) in [4.78, 5) is 34.0. The van der Waals surface area contributed by atoms with Gasteiger partial charge in [-0.25, -0.2) is 9.79 Å². The van der Waals surface area contributed by atoms with E-state index in [1.54, 1.807) is 43.2 Å². The Kier molecular flexibility index (Phi) is 11.1. The van der Waals surface area contributed by atoms with Crippen LogP contribution in [-0.2, 0) is 22.6 Å². The van der Waals surface area contributed by atoms with Gasteiger partial charge in [-0.05, 0) is 87.9 Å². The van der Waals surface area contributed by atoms with Crippen molar-refractivity contribution in [1.82, 2.24) is 4.57 Å². The van der Waals surface area contributed by atoms with Crippen LogP contribution in [0.1, 0.15) is 56.0 Å². The van der Waals surface area contributed by atoms with Gasteiger partial charge < -0.3 is 14.2 Å². The average molecular weight is 689 g/mol. The van der Waals surface area contributed by atoms with Gasteiger partial charge in [0, 0.05) is 21.0 Å². The highest BCUT2D eigenvalue weighted by atomic mass is 35.5. The highest BCUT2D eigenvalue weighted by Crippen LogP contribution is 2.36. The predicted octanol–water partition coefficient (Wildman–Crippen LogP) is 7.27. The minimum atomic E-state index is -0.688. The molecule has 0 saturated heterocycles. The molecule has 0 spiro atoms. The van der Waals surface area contributed by atoms with E-state index in [1.807, 2.05) is 79.9 Å². The first-order chi connectivity index (χ1) is 22.6. The van der Waals surface area contributed by atoms with Gasteiger partial charge in [-0.1, -0.05) is 59.3 Å². The summed E-state index contributed by atoms with van der Waals surface area (Å²) in [7, 11) is 0. The topological polar surface area (TPSA) is 79.1 Å². The number of allylic oxidation sites excluding steroid dienone is 2. The van der Waals surface area contributed by atoms with E-state index in [0.717, 1.165) is 27.1 Å². The van der Waals surface area contributed by atoms with Crippen LogP contribution < -0.4 is 24.4 Å². The fraction of sp³-hybridized carbons (Fsp3) is 0.270. The largest absolute Gasteiger partial charge is 0.490 e. The molecule has 244 valence electrons. The van der Waals surface area contributed by atoms with E-state index in [2.05, 4.69) is 6.58 Å². The third-order valence-corrected chi connectivity index (χ3v) is 9.56. The Morgan fingerprint density at radius 1 is 1.13 bits per heavy atom. The van der Waals surface area contributed by atoms with Gasteiger partial charge in [-0.2, -0.15) is 0 Å². The van der Waals surface area contributed by atoms with Crippen LogP contribution in [0, 0.1) is 0 Å². The van der Waals surface area contributed by atoms with Gasteiger partial charge in [0.05, 0.1) is 34.6 Å². The minimum absolute atomic E-state index is 0.252. The molecule has 1 aliphatic rings. The van der Waals surface area contributed by atoms with E-state index in [9.17, 15) is 9.59 Å². The molecule has 0 radical (unpaired) electrons. The minimum Gasteiger partial charge on any atom is -0.490 e. The number of benzene rings is 3. The quantitative estimate of drug-likeness (QED) is 0.0886. The van der Waals surface area contributed by atoms with Crippen LogP contribution in [0.5, 0.6) is 11.5 Å². The van der Waals surface area contributed by atoms with E-state index in [-0.39, 0.29) is 18.3 Å². The van der Waals surface area contributed by atoms with Crippen molar-refractivity contribution in [3.05, 3.63) is 132 Å². The Morgan fingerprint density at radius 2 is 1.87 bits per heavy atom. The number of rotatable bonds is 12. The van der Waals surface area contributed by atoms with Crippen LogP contribution in [-0.4, -0.2) is 29.5 Å². The van der Waals surface area contributed by atoms with Crippen LogP contribution in [0.15, 0.2) is 99.3 Å². The van der Waals surface area contributed by atoms with Crippen molar-refractivity contribution in [3.8, 4) is 11.5 Å². The zero-order valence-electron chi connectivity index (χ0n) is 27.0. The molecular weight excluding hydrogens is 652 g/mol. The van der Waals surface area contributed by atoms with Gasteiger partial charge >= 0.3 is 5.97 Å². The molecule has 3 aromatic carbocycles. The Bertz CT molecular complexity index is 2010. The molecule has 4 aromatic rings. The number of esters is 1. The summed E-state index contributed by atoms with van der Waals surface area (Å²) in [6.45, 7) is 11.9. The summed E-state index contributed by atoms with van der Waals surface area (Å²) in [5.74, 6) is 0.666. The first kappa shape index (κ1) is 34.3. The first-order valence-electron chi connectivity index (χ1n) is 15.3. The van der Waals surface area contributed by atoms with Gasteiger partial charge in [0.2, 0.25) is 0 Å². The van der Waals surface area contributed by atoms with Crippen LogP contribution in [0.3, 0.4) is 0 Å². The first-order valence-corrected chi connectivity index (χ1v) is 17.7. The molecule has 0 unspecified atom stereocenters. The molecule has 5 rings (SSSR count). The maximum atomic E-state index is 14.2. The molecule has 47 heavy (non-hydrogen) atoms. The average Bonchev–Trinajstić information content (AvgIpc) is 3.34. The second kappa shape index (κ2) is 15.2. The van der Waals surface area contributed by atoms with Crippen LogP contribution in [0.2, 0.25) is 5.02 Å². The van der Waals surface area contributed by atoms with Crippen molar-refractivity contribution in [2.75, 3.05) is 12.9 Å². The fourth-order valence-electron chi connectivity index (χ4n) is 5.38. The molecular formula is C37H37ClN2O5S2. The van der Waals surface area contributed by atoms with E-state index in [4.69, 9.17) is 30.8 Å². The normalized spacial score (nSPS) is 14.5.